The molecule has 72 valence electrons. The van der Waals surface area contributed by atoms with Crippen molar-refractivity contribution in [3.8, 4) is 0 Å². The highest BCUT2D eigenvalue weighted by Gasteiger charge is 2.18. The Hall–Kier alpha value is -0.860. The van der Waals surface area contributed by atoms with E-state index < -0.39 is 5.66 Å². The van der Waals surface area contributed by atoms with E-state index in [-0.39, 0.29) is 0 Å². The lowest BCUT2D eigenvalue weighted by atomic mass is 9.92. The number of benzene rings is 1. The van der Waals surface area contributed by atoms with E-state index in [0.29, 0.717) is 0 Å². The fourth-order valence-corrected chi connectivity index (χ4v) is 1.54. The highest BCUT2D eigenvalue weighted by Crippen LogP contribution is 2.22. The Morgan fingerprint density at radius 1 is 1.00 bits per heavy atom. The third kappa shape index (κ3) is 1.90. The molecule has 13 heavy (non-hydrogen) atoms. The highest BCUT2D eigenvalue weighted by atomic mass is 14.9. The number of hydrogen-bond acceptors (Lipinski definition) is 2. The van der Waals surface area contributed by atoms with Crippen molar-refractivity contribution >= 4 is 0 Å². The summed E-state index contributed by atoms with van der Waals surface area (Å²) in [5.74, 6) is 0. The Morgan fingerprint density at radius 2 is 1.54 bits per heavy atom. The lowest BCUT2D eigenvalue weighted by molar-refractivity contribution is 0.516. The summed E-state index contributed by atoms with van der Waals surface area (Å²) in [6, 6.07) is 4.08. The van der Waals surface area contributed by atoms with E-state index >= 15 is 0 Å². The van der Waals surface area contributed by atoms with Gasteiger partial charge in [0.15, 0.2) is 0 Å². The molecule has 1 rings (SSSR count). The van der Waals surface area contributed by atoms with E-state index in [2.05, 4.69) is 26.8 Å². The molecule has 0 fully saturated rings. The van der Waals surface area contributed by atoms with Gasteiger partial charge in [0.25, 0.3) is 0 Å². The molecule has 0 radical (unpaired) electrons. The predicted octanol–water partition coefficient (Wildman–Crippen LogP) is 1.70. The van der Waals surface area contributed by atoms with Crippen LogP contribution in [0.2, 0.25) is 0 Å². The smallest absolute Gasteiger partial charge is 0.0872 e. The average molecular weight is 178 g/mol. The summed E-state index contributed by atoms with van der Waals surface area (Å²) in [6.07, 6.45) is 0. The Balaban J connectivity index is 3.35. The number of aryl methyl sites for hydroxylation is 1. The first-order valence-electron chi connectivity index (χ1n) is 4.49. The normalized spacial score (nSPS) is 11.8. The maximum absolute atomic E-state index is 5.85. The van der Waals surface area contributed by atoms with Gasteiger partial charge >= 0.3 is 0 Å². The third-order valence-corrected chi connectivity index (χ3v) is 2.64. The second-order valence-corrected chi connectivity index (χ2v) is 3.96. The number of rotatable bonds is 1. The van der Waals surface area contributed by atoms with Crippen LogP contribution in [0.4, 0.5) is 0 Å². The molecule has 0 aromatic heterocycles. The second kappa shape index (κ2) is 3.13. The van der Waals surface area contributed by atoms with Crippen molar-refractivity contribution in [2.75, 3.05) is 0 Å². The van der Waals surface area contributed by atoms with Gasteiger partial charge < -0.3 is 11.5 Å². The van der Waals surface area contributed by atoms with Crippen molar-refractivity contribution in [3.63, 3.8) is 0 Å². The van der Waals surface area contributed by atoms with Gasteiger partial charge in [-0.25, -0.2) is 0 Å². The van der Waals surface area contributed by atoms with Crippen LogP contribution in [0.25, 0.3) is 0 Å². The van der Waals surface area contributed by atoms with Crippen LogP contribution >= 0.6 is 0 Å². The average Bonchev–Trinajstić information content (AvgIpc) is 1.98. The summed E-state index contributed by atoms with van der Waals surface area (Å²) in [4.78, 5) is 0. The molecular weight excluding hydrogens is 160 g/mol. The zero-order valence-electron chi connectivity index (χ0n) is 8.81. The lowest BCUT2D eigenvalue weighted by Crippen LogP contribution is -2.43. The minimum Gasteiger partial charge on any atom is -0.310 e. The summed E-state index contributed by atoms with van der Waals surface area (Å²) in [5, 5.41) is 0. The monoisotopic (exact) mass is 178 g/mol. The van der Waals surface area contributed by atoms with E-state index in [9.17, 15) is 0 Å². The molecule has 1 aromatic carbocycles. The van der Waals surface area contributed by atoms with E-state index in [1.54, 1.807) is 0 Å². The Labute approximate surface area is 79.9 Å². The molecule has 0 aliphatic heterocycles. The molecule has 0 saturated heterocycles. The Bertz CT molecular complexity index is 322. The zero-order chi connectivity index (χ0) is 10.2. The van der Waals surface area contributed by atoms with Crippen LogP contribution in [0, 0.1) is 20.8 Å². The molecule has 0 atom stereocenters. The molecule has 0 aliphatic rings. The maximum Gasteiger partial charge on any atom is 0.0872 e. The van der Waals surface area contributed by atoms with Crippen molar-refractivity contribution in [1.82, 2.24) is 0 Å². The predicted molar refractivity (Wildman–Crippen MR) is 56.4 cm³/mol. The quantitative estimate of drug-likeness (QED) is 0.643. The van der Waals surface area contributed by atoms with Gasteiger partial charge in [0.2, 0.25) is 0 Å². The largest absolute Gasteiger partial charge is 0.310 e. The maximum atomic E-state index is 5.85. The lowest BCUT2D eigenvalue weighted by Gasteiger charge is -2.23. The van der Waals surface area contributed by atoms with Gasteiger partial charge in [-0.1, -0.05) is 12.1 Å². The minimum absolute atomic E-state index is 0.734. The minimum atomic E-state index is -0.734. The molecule has 1 aromatic rings. The van der Waals surface area contributed by atoms with Crippen LogP contribution in [0.1, 0.15) is 29.2 Å². The van der Waals surface area contributed by atoms with Crippen molar-refractivity contribution in [1.29, 1.82) is 0 Å². The van der Waals surface area contributed by atoms with Crippen LogP contribution in [-0.2, 0) is 5.66 Å². The number of hydrogen-bond donors (Lipinski definition) is 2. The second-order valence-electron chi connectivity index (χ2n) is 3.96. The van der Waals surface area contributed by atoms with Gasteiger partial charge in [-0.05, 0) is 49.9 Å². The first-order valence-corrected chi connectivity index (χ1v) is 4.49. The molecule has 0 saturated carbocycles. The molecular formula is C11H18N2. The summed E-state index contributed by atoms with van der Waals surface area (Å²) < 4.78 is 0. The number of nitrogens with two attached hydrogens (primary N) is 2. The van der Waals surface area contributed by atoms with Crippen LogP contribution < -0.4 is 11.5 Å². The van der Waals surface area contributed by atoms with Gasteiger partial charge in [0.05, 0.1) is 5.66 Å². The van der Waals surface area contributed by atoms with Crippen molar-refractivity contribution in [3.05, 3.63) is 34.4 Å². The van der Waals surface area contributed by atoms with E-state index in [1.165, 1.54) is 16.7 Å². The SMILES string of the molecule is Cc1ccc(C(C)(N)N)c(C)c1C. The van der Waals surface area contributed by atoms with E-state index in [4.69, 9.17) is 11.5 Å². The fraction of sp³-hybridized carbons (Fsp3) is 0.455. The molecule has 2 heteroatoms. The summed E-state index contributed by atoms with van der Waals surface area (Å²) in [7, 11) is 0. The molecule has 0 unspecified atom stereocenters. The first-order chi connectivity index (χ1) is 5.84. The first kappa shape index (κ1) is 10.2. The van der Waals surface area contributed by atoms with Crippen molar-refractivity contribution in [2.24, 2.45) is 11.5 Å². The van der Waals surface area contributed by atoms with Crippen molar-refractivity contribution in [2.45, 2.75) is 33.4 Å². The van der Waals surface area contributed by atoms with Crippen LogP contribution in [0.15, 0.2) is 12.1 Å². The van der Waals surface area contributed by atoms with Crippen LogP contribution in [0.3, 0.4) is 0 Å². The van der Waals surface area contributed by atoms with Gasteiger partial charge in [-0.2, -0.15) is 0 Å². The topological polar surface area (TPSA) is 52.0 Å². The third-order valence-electron chi connectivity index (χ3n) is 2.64. The molecule has 0 bridgehead atoms. The molecule has 0 spiro atoms. The summed E-state index contributed by atoms with van der Waals surface area (Å²) in [6.45, 7) is 8.08. The fourth-order valence-electron chi connectivity index (χ4n) is 1.54. The Kier molecular flexibility index (Phi) is 2.46. The summed E-state index contributed by atoms with van der Waals surface area (Å²) >= 11 is 0. The van der Waals surface area contributed by atoms with Gasteiger partial charge in [-0.3, -0.25) is 0 Å². The Morgan fingerprint density at radius 3 is 2.00 bits per heavy atom. The molecule has 0 aliphatic carbocycles. The van der Waals surface area contributed by atoms with Crippen LogP contribution in [0.5, 0.6) is 0 Å². The van der Waals surface area contributed by atoms with E-state index in [0.717, 1.165) is 5.56 Å². The van der Waals surface area contributed by atoms with Gasteiger partial charge in [0.1, 0.15) is 0 Å². The van der Waals surface area contributed by atoms with Crippen molar-refractivity contribution < 1.29 is 0 Å². The van der Waals surface area contributed by atoms with Gasteiger partial charge in [0, 0.05) is 0 Å². The standard InChI is InChI=1S/C11H18N2/c1-7-5-6-10(11(4,12)13)9(3)8(7)2/h5-6H,12-13H2,1-4H3. The molecule has 4 N–H and O–H groups in total. The molecule has 2 nitrogen and oxygen atoms in total. The highest BCUT2D eigenvalue weighted by molar-refractivity contribution is 5.41. The molecule has 0 heterocycles. The summed E-state index contributed by atoms with van der Waals surface area (Å²) in [5.41, 5.74) is 15.8. The zero-order valence-corrected chi connectivity index (χ0v) is 8.81. The van der Waals surface area contributed by atoms with Crippen LogP contribution in [-0.4, -0.2) is 0 Å². The van der Waals surface area contributed by atoms with Gasteiger partial charge in [-0.15, -0.1) is 0 Å². The van der Waals surface area contributed by atoms with E-state index in [1.807, 2.05) is 13.0 Å². The molecule has 0 amide bonds.